The predicted octanol–water partition coefficient (Wildman–Crippen LogP) is 7.49. The molecule has 1 aliphatic rings. The van der Waals surface area contributed by atoms with Crippen LogP contribution < -0.4 is 11.1 Å². The summed E-state index contributed by atoms with van der Waals surface area (Å²) in [7, 11) is 1.31. The van der Waals surface area contributed by atoms with E-state index in [1.165, 1.54) is 31.4 Å². The van der Waals surface area contributed by atoms with Gasteiger partial charge in [-0.3, -0.25) is 9.59 Å². The number of anilines is 1. The fourth-order valence-electron chi connectivity index (χ4n) is 4.94. The zero-order valence-corrected chi connectivity index (χ0v) is 22.9. The first-order chi connectivity index (χ1) is 18.5. The van der Waals surface area contributed by atoms with Gasteiger partial charge in [-0.25, -0.2) is 0 Å². The van der Waals surface area contributed by atoms with Crippen molar-refractivity contribution in [3.8, 4) is 0 Å². The maximum atomic E-state index is 14.1. The molecule has 0 saturated heterocycles. The van der Waals surface area contributed by atoms with Crippen LogP contribution in [0.2, 0.25) is 0 Å². The standard InChI is InChI=1S/C28H30F6N2O3S/c1-4-26(24(38)39-3)14-12-25(2,13-15-26)36-21(37)11-9-17-8-10-20(40-19-7-5-6-18(35)16-19)23(28(32,33)34)22(17)27(29,30)31/h5-11,16H,4,12-15,35H2,1-3H3,(H,36,37)/b11-9+. The number of alkyl halides is 6. The van der Waals surface area contributed by atoms with Crippen LogP contribution in [0.3, 0.4) is 0 Å². The number of methoxy groups -OCH3 is 1. The van der Waals surface area contributed by atoms with Gasteiger partial charge in [-0.15, -0.1) is 0 Å². The van der Waals surface area contributed by atoms with Gasteiger partial charge in [0.25, 0.3) is 0 Å². The minimum atomic E-state index is -5.36. The quantitative estimate of drug-likeness (QED) is 0.152. The molecule has 0 radical (unpaired) electrons. The molecule has 1 fully saturated rings. The first kappa shape index (κ1) is 31.4. The first-order valence-corrected chi connectivity index (χ1v) is 13.3. The van der Waals surface area contributed by atoms with Gasteiger partial charge in [-0.1, -0.05) is 30.8 Å². The van der Waals surface area contributed by atoms with E-state index < -0.39 is 50.8 Å². The van der Waals surface area contributed by atoms with E-state index in [4.69, 9.17) is 10.5 Å². The van der Waals surface area contributed by atoms with Crippen LogP contribution in [0, 0.1) is 5.41 Å². The zero-order chi connectivity index (χ0) is 29.9. The van der Waals surface area contributed by atoms with Gasteiger partial charge in [0.1, 0.15) is 0 Å². The van der Waals surface area contributed by atoms with Crippen LogP contribution in [-0.2, 0) is 26.7 Å². The number of amides is 1. The summed E-state index contributed by atoms with van der Waals surface area (Å²) in [6.45, 7) is 3.62. The fourth-order valence-corrected chi connectivity index (χ4v) is 6.00. The number of nitrogens with one attached hydrogen (secondary N) is 1. The third-order valence-corrected chi connectivity index (χ3v) is 8.35. The number of nitrogen functional groups attached to an aromatic ring is 1. The number of hydrogen-bond acceptors (Lipinski definition) is 5. The molecule has 0 atom stereocenters. The molecule has 0 unspecified atom stereocenters. The number of benzene rings is 2. The van der Waals surface area contributed by atoms with Crippen molar-refractivity contribution in [3.63, 3.8) is 0 Å². The summed E-state index contributed by atoms with van der Waals surface area (Å²) in [6, 6.07) is 7.64. The number of esters is 1. The second-order valence-electron chi connectivity index (χ2n) is 10.1. The summed E-state index contributed by atoms with van der Waals surface area (Å²) >= 11 is 0.510. The highest BCUT2D eigenvalue weighted by Gasteiger charge is 2.47. The lowest BCUT2D eigenvalue weighted by Crippen LogP contribution is -2.51. The molecule has 5 nitrogen and oxygen atoms in total. The Bertz CT molecular complexity index is 1280. The van der Waals surface area contributed by atoms with E-state index in [-0.39, 0.29) is 16.6 Å². The van der Waals surface area contributed by atoms with E-state index in [9.17, 15) is 35.9 Å². The Morgan fingerprint density at radius 1 is 1.02 bits per heavy atom. The molecule has 12 heteroatoms. The van der Waals surface area contributed by atoms with Crippen molar-refractivity contribution in [2.24, 2.45) is 5.41 Å². The number of carbonyl (C=O) groups excluding carboxylic acids is 2. The molecule has 0 aliphatic heterocycles. The van der Waals surface area contributed by atoms with Crippen molar-refractivity contribution in [2.45, 2.75) is 73.6 Å². The Hall–Kier alpha value is -3.15. The molecular formula is C28H30F6N2O3S. The summed E-state index contributed by atoms with van der Waals surface area (Å²) in [6.07, 6.45) is -6.90. The summed E-state index contributed by atoms with van der Waals surface area (Å²) in [5.41, 5.74) is -0.0334. The molecule has 3 N–H and O–H groups in total. The maximum absolute atomic E-state index is 14.1. The first-order valence-electron chi connectivity index (χ1n) is 12.5. The number of nitrogens with two attached hydrogens (primary N) is 1. The number of carbonyl (C=O) groups is 2. The highest BCUT2D eigenvalue weighted by Crippen LogP contribution is 2.48. The molecule has 2 aromatic rings. The van der Waals surface area contributed by atoms with Gasteiger partial charge in [0.05, 0.1) is 23.7 Å². The topological polar surface area (TPSA) is 81.4 Å². The van der Waals surface area contributed by atoms with Crippen LogP contribution in [0.25, 0.3) is 6.08 Å². The van der Waals surface area contributed by atoms with Crippen molar-refractivity contribution >= 4 is 35.4 Å². The summed E-state index contributed by atoms with van der Waals surface area (Å²) < 4.78 is 89.3. The SMILES string of the molecule is CCC1(C(=O)OC)CCC(C)(NC(=O)/C=C/c2ccc(Sc3cccc(N)c3)c(C(F)(F)F)c2C(F)(F)F)CC1. The molecule has 2 aromatic carbocycles. The molecule has 1 aliphatic carbocycles. The predicted molar refractivity (Wildman–Crippen MR) is 140 cm³/mol. The zero-order valence-electron chi connectivity index (χ0n) is 22.1. The average molecular weight is 589 g/mol. The molecule has 40 heavy (non-hydrogen) atoms. The highest BCUT2D eigenvalue weighted by molar-refractivity contribution is 7.99. The van der Waals surface area contributed by atoms with Gasteiger partial charge in [0, 0.05) is 27.1 Å². The number of hydrogen-bond donors (Lipinski definition) is 2. The molecule has 0 bridgehead atoms. The summed E-state index contributed by atoms with van der Waals surface area (Å²) in [5.74, 6) is -1.09. The van der Waals surface area contributed by atoms with Crippen LogP contribution in [0.4, 0.5) is 32.0 Å². The average Bonchev–Trinajstić information content (AvgIpc) is 2.86. The van der Waals surface area contributed by atoms with E-state index in [1.807, 2.05) is 6.92 Å². The molecular weight excluding hydrogens is 558 g/mol. The summed E-state index contributed by atoms with van der Waals surface area (Å²) in [5, 5.41) is 2.74. The molecule has 1 saturated carbocycles. The Labute approximate surface area is 232 Å². The maximum Gasteiger partial charge on any atom is 0.418 e. The molecule has 0 heterocycles. The highest BCUT2D eigenvalue weighted by atomic mass is 32.2. The van der Waals surface area contributed by atoms with E-state index in [0.717, 1.165) is 24.3 Å². The number of rotatable bonds is 7. The van der Waals surface area contributed by atoms with Gasteiger partial charge >= 0.3 is 18.3 Å². The number of halogens is 6. The van der Waals surface area contributed by atoms with Crippen molar-refractivity contribution in [1.29, 1.82) is 0 Å². The lowest BCUT2D eigenvalue weighted by Gasteiger charge is -2.43. The lowest BCUT2D eigenvalue weighted by molar-refractivity contribution is -0.163. The van der Waals surface area contributed by atoms with Crippen molar-refractivity contribution < 1.29 is 40.7 Å². The third kappa shape index (κ3) is 7.13. The normalized spacial score (nSPS) is 21.8. The molecule has 3 rings (SSSR count). The van der Waals surface area contributed by atoms with E-state index in [2.05, 4.69) is 5.32 Å². The lowest BCUT2D eigenvalue weighted by atomic mass is 9.66. The van der Waals surface area contributed by atoms with Crippen molar-refractivity contribution in [3.05, 3.63) is 59.2 Å². The minimum Gasteiger partial charge on any atom is -0.469 e. The second-order valence-corrected chi connectivity index (χ2v) is 11.2. The fraction of sp³-hybridized carbons (Fsp3) is 0.429. The molecule has 218 valence electrons. The molecule has 1 amide bonds. The van der Waals surface area contributed by atoms with Crippen LogP contribution in [0.5, 0.6) is 0 Å². The largest absolute Gasteiger partial charge is 0.469 e. The third-order valence-electron chi connectivity index (χ3n) is 7.30. The monoisotopic (exact) mass is 588 g/mol. The number of ether oxygens (including phenoxy) is 1. The van der Waals surface area contributed by atoms with Gasteiger partial charge in [0.2, 0.25) is 5.91 Å². The van der Waals surface area contributed by atoms with Crippen molar-refractivity contribution in [1.82, 2.24) is 5.32 Å². The Morgan fingerprint density at radius 3 is 2.17 bits per heavy atom. The second kappa shape index (κ2) is 11.8. The van der Waals surface area contributed by atoms with Gasteiger partial charge < -0.3 is 15.8 Å². The Kier molecular flexibility index (Phi) is 9.22. The van der Waals surface area contributed by atoms with E-state index >= 15 is 0 Å². The van der Waals surface area contributed by atoms with Crippen LogP contribution in [-0.4, -0.2) is 24.5 Å². The van der Waals surface area contributed by atoms with Crippen molar-refractivity contribution in [2.75, 3.05) is 12.8 Å². The van der Waals surface area contributed by atoms with Gasteiger partial charge in [-0.2, -0.15) is 26.3 Å². The molecule has 0 aromatic heterocycles. The van der Waals surface area contributed by atoms with E-state index in [0.29, 0.717) is 43.9 Å². The van der Waals surface area contributed by atoms with Gasteiger partial charge in [0.15, 0.2) is 0 Å². The van der Waals surface area contributed by atoms with Crippen LogP contribution in [0.1, 0.15) is 62.6 Å². The minimum absolute atomic E-state index is 0.237. The smallest absolute Gasteiger partial charge is 0.418 e. The van der Waals surface area contributed by atoms with Crippen LogP contribution in [0.15, 0.2) is 52.3 Å². The Morgan fingerprint density at radius 2 is 1.65 bits per heavy atom. The molecule has 0 spiro atoms. The van der Waals surface area contributed by atoms with Gasteiger partial charge in [-0.05, 0) is 74.9 Å². The van der Waals surface area contributed by atoms with E-state index in [1.54, 1.807) is 6.92 Å². The van der Waals surface area contributed by atoms with Crippen LogP contribution >= 0.6 is 11.8 Å². The summed E-state index contributed by atoms with van der Waals surface area (Å²) in [4.78, 5) is 24.5. The Balaban J connectivity index is 1.90.